The molecule has 0 bridgehead atoms. The summed E-state index contributed by atoms with van der Waals surface area (Å²) in [5.74, 6) is -1.44. The standard InChI is InChI=1S/C8H5F6N3S.C2H6/c1-4-6-2-5(9)3-7(8(6)16-17-15-4)18(10,11,12,13)14;1-2/h2-3H,1H3;1-2H3. The molecular formula is C10H11F6N3S. The number of aromatic nitrogens is 3. The van der Waals surface area contributed by atoms with Gasteiger partial charge in [0.1, 0.15) is 16.2 Å². The van der Waals surface area contributed by atoms with E-state index in [1.54, 1.807) is 0 Å². The Kier molecular flexibility index (Phi) is 3.46. The van der Waals surface area contributed by atoms with Gasteiger partial charge >= 0.3 is 10.2 Å². The molecule has 2 aromatic rings. The number of fused-ring (bicyclic) bond motifs is 1. The van der Waals surface area contributed by atoms with Crippen LogP contribution < -0.4 is 0 Å². The molecule has 0 saturated carbocycles. The lowest BCUT2D eigenvalue weighted by Crippen LogP contribution is -2.09. The number of aryl methyl sites for hydroxylation is 1. The number of rotatable bonds is 1. The van der Waals surface area contributed by atoms with E-state index in [2.05, 4.69) is 15.4 Å². The Morgan fingerprint density at radius 2 is 1.50 bits per heavy atom. The van der Waals surface area contributed by atoms with Crippen molar-refractivity contribution in [1.29, 1.82) is 0 Å². The fourth-order valence-electron chi connectivity index (χ4n) is 1.44. The third-order valence-electron chi connectivity index (χ3n) is 2.18. The van der Waals surface area contributed by atoms with Gasteiger partial charge in [-0.15, -0.1) is 10.2 Å². The third-order valence-corrected chi connectivity index (χ3v) is 3.33. The average molecular weight is 319 g/mol. The van der Waals surface area contributed by atoms with E-state index >= 15 is 0 Å². The molecule has 1 heterocycles. The SMILES string of the molecule is CC.Cc1nnnc2c(S(F)(F)(F)(F)F)cc(F)cc12. The molecule has 20 heavy (non-hydrogen) atoms. The highest BCUT2D eigenvalue weighted by molar-refractivity contribution is 8.46. The topological polar surface area (TPSA) is 38.7 Å². The van der Waals surface area contributed by atoms with E-state index in [0.29, 0.717) is 6.07 Å². The summed E-state index contributed by atoms with van der Waals surface area (Å²) >= 11 is 0. The summed E-state index contributed by atoms with van der Waals surface area (Å²) in [7, 11) is -10.0. The van der Waals surface area contributed by atoms with Gasteiger partial charge in [0.25, 0.3) is 0 Å². The lowest BCUT2D eigenvalue weighted by molar-refractivity contribution is 0.364. The zero-order valence-electron chi connectivity index (χ0n) is 10.7. The van der Waals surface area contributed by atoms with Gasteiger partial charge < -0.3 is 0 Å². The molecule has 0 unspecified atom stereocenters. The molecule has 0 fully saturated rings. The van der Waals surface area contributed by atoms with E-state index in [1.807, 2.05) is 13.8 Å². The Morgan fingerprint density at radius 3 is 2.00 bits per heavy atom. The van der Waals surface area contributed by atoms with Gasteiger partial charge in [-0.25, -0.2) is 4.39 Å². The van der Waals surface area contributed by atoms with Crippen LogP contribution in [0.2, 0.25) is 0 Å². The summed E-state index contributed by atoms with van der Waals surface area (Å²) in [6, 6.07) is 0.372. The average Bonchev–Trinajstić information content (AvgIpc) is 2.29. The molecule has 1 aromatic carbocycles. The van der Waals surface area contributed by atoms with Crippen molar-refractivity contribution >= 4 is 21.1 Å². The molecule has 0 spiro atoms. The van der Waals surface area contributed by atoms with Crippen molar-refractivity contribution in [3.8, 4) is 0 Å². The van der Waals surface area contributed by atoms with Crippen molar-refractivity contribution in [2.75, 3.05) is 0 Å². The normalized spacial score (nSPS) is 15.1. The van der Waals surface area contributed by atoms with Gasteiger partial charge in [-0.1, -0.05) is 33.3 Å². The molecule has 0 radical (unpaired) electrons. The lowest BCUT2D eigenvalue weighted by atomic mass is 10.2. The van der Waals surface area contributed by atoms with Gasteiger partial charge in [0.2, 0.25) is 0 Å². The number of nitrogens with zero attached hydrogens (tertiary/aromatic N) is 3. The molecule has 1 aromatic heterocycles. The van der Waals surface area contributed by atoms with Crippen molar-refractivity contribution in [3.63, 3.8) is 0 Å². The van der Waals surface area contributed by atoms with Crippen LogP contribution in [-0.4, -0.2) is 15.4 Å². The highest BCUT2D eigenvalue weighted by Crippen LogP contribution is 3.02. The smallest absolute Gasteiger partial charge is 0.207 e. The van der Waals surface area contributed by atoms with Crippen molar-refractivity contribution in [2.24, 2.45) is 0 Å². The van der Waals surface area contributed by atoms with Crippen molar-refractivity contribution in [2.45, 2.75) is 25.7 Å². The van der Waals surface area contributed by atoms with E-state index in [0.717, 1.165) is 0 Å². The van der Waals surface area contributed by atoms with E-state index in [9.17, 15) is 23.8 Å². The fraction of sp³-hybridized carbons (Fsp3) is 0.300. The first-order valence-electron chi connectivity index (χ1n) is 5.42. The highest BCUT2D eigenvalue weighted by atomic mass is 32.5. The van der Waals surface area contributed by atoms with Crippen LogP contribution in [0.1, 0.15) is 19.5 Å². The maximum Gasteiger partial charge on any atom is 0.312 e. The minimum atomic E-state index is -10.0. The predicted octanol–water partition coefficient (Wildman–Crippen LogP) is 5.16. The molecule has 10 heteroatoms. The van der Waals surface area contributed by atoms with Gasteiger partial charge in [0.15, 0.2) is 0 Å². The largest absolute Gasteiger partial charge is 0.312 e. The quantitative estimate of drug-likeness (QED) is 0.682. The molecular weight excluding hydrogens is 308 g/mol. The number of halogens is 6. The second-order valence-corrected chi connectivity index (χ2v) is 6.02. The summed E-state index contributed by atoms with van der Waals surface area (Å²) in [5.41, 5.74) is -1.23. The minimum Gasteiger partial charge on any atom is -0.207 e. The molecule has 0 atom stereocenters. The van der Waals surface area contributed by atoms with Crippen LogP contribution in [0.15, 0.2) is 17.0 Å². The summed E-state index contributed by atoms with van der Waals surface area (Å²) < 4.78 is 76.7. The van der Waals surface area contributed by atoms with Gasteiger partial charge in [-0.3, -0.25) is 0 Å². The van der Waals surface area contributed by atoms with Crippen LogP contribution in [0.5, 0.6) is 0 Å². The monoisotopic (exact) mass is 319 g/mol. The molecule has 0 amide bonds. The lowest BCUT2D eigenvalue weighted by Gasteiger charge is -2.40. The zero-order chi connectivity index (χ0) is 15.8. The van der Waals surface area contributed by atoms with Crippen LogP contribution >= 0.6 is 10.2 Å². The molecule has 0 aliphatic rings. The second-order valence-electron chi connectivity index (χ2n) is 3.64. The van der Waals surface area contributed by atoms with E-state index < -0.39 is 31.8 Å². The first-order chi connectivity index (χ1) is 8.88. The summed E-state index contributed by atoms with van der Waals surface area (Å²) in [6.45, 7) is 5.21. The van der Waals surface area contributed by atoms with Gasteiger partial charge in [-0.05, 0) is 24.3 Å². The second kappa shape index (κ2) is 4.21. The molecule has 114 valence electrons. The molecule has 0 saturated heterocycles. The summed E-state index contributed by atoms with van der Waals surface area (Å²) in [4.78, 5) is -2.39. The van der Waals surface area contributed by atoms with Gasteiger partial charge in [-0.2, -0.15) is 0 Å². The van der Waals surface area contributed by atoms with Crippen LogP contribution in [0.4, 0.5) is 23.8 Å². The summed E-state index contributed by atoms with van der Waals surface area (Å²) in [6.07, 6.45) is 0. The van der Waals surface area contributed by atoms with Crippen LogP contribution in [-0.2, 0) is 0 Å². The zero-order valence-corrected chi connectivity index (χ0v) is 11.5. The number of hydrogen-bond acceptors (Lipinski definition) is 3. The molecule has 2 rings (SSSR count). The highest BCUT2D eigenvalue weighted by Gasteiger charge is 2.67. The Balaban J connectivity index is 0.000000956. The van der Waals surface area contributed by atoms with Crippen LogP contribution in [0.3, 0.4) is 0 Å². The van der Waals surface area contributed by atoms with E-state index in [-0.39, 0.29) is 11.8 Å². The maximum absolute atomic E-state index is 13.1. The van der Waals surface area contributed by atoms with Crippen molar-refractivity contribution in [3.05, 3.63) is 23.6 Å². The number of hydrogen-bond donors (Lipinski definition) is 0. The molecule has 0 N–H and O–H groups in total. The Labute approximate surface area is 110 Å². The van der Waals surface area contributed by atoms with E-state index in [1.165, 1.54) is 6.92 Å². The Morgan fingerprint density at radius 1 is 0.950 bits per heavy atom. The predicted molar refractivity (Wildman–Crippen MR) is 64.8 cm³/mol. The summed E-state index contributed by atoms with van der Waals surface area (Å²) in [5, 5.41) is 8.72. The first-order valence-corrected chi connectivity index (χ1v) is 7.37. The fourth-order valence-corrected chi connectivity index (χ4v) is 2.29. The van der Waals surface area contributed by atoms with Crippen LogP contribution in [0, 0.1) is 12.7 Å². The number of benzene rings is 1. The third kappa shape index (κ3) is 3.30. The van der Waals surface area contributed by atoms with Crippen molar-refractivity contribution < 1.29 is 23.8 Å². The molecule has 0 aliphatic carbocycles. The van der Waals surface area contributed by atoms with Gasteiger partial charge in [0.05, 0.1) is 5.69 Å². The Bertz CT molecular complexity index is 655. The van der Waals surface area contributed by atoms with Crippen LogP contribution in [0.25, 0.3) is 10.9 Å². The molecule has 0 aliphatic heterocycles. The van der Waals surface area contributed by atoms with E-state index in [4.69, 9.17) is 0 Å². The maximum atomic E-state index is 13.1. The van der Waals surface area contributed by atoms with Gasteiger partial charge in [0, 0.05) is 5.39 Å². The van der Waals surface area contributed by atoms with Crippen molar-refractivity contribution in [1.82, 2.24) is 15.4 Å². The molecule has 3 nitrogen and oxygen atoms in total. The minimum absolute atomic E-state index is 0.123. The first kappa shape index (κ1) is 16.5. The Hall–Kier alpha value is -1.58.